The highest BCUT2D eigenvalue weighted by Gasteiger charge is 2.30. The summed E-state index contributed by atoms with van der Waals surface area (Å²) in [7, 11) is 3.66. The van der Waals surface area contributed by atoms with E-state index in [-0.39, 0.29) is 11.8 Å². The minimum absolute atomic E-state index is 0.0950. The first-order chi connectivity index (χ1) is 15.2. The van der Waals surface area contributed by atoms with Gasteiger partial charge in [0, 0.05) is 44.6 Å². The Morgan fingerprint density at radius 2 is 2.03 bits per heavy atom. The van der Waals surface area contributed by atoms with Gasteiger partial charge in [0.25, 0.3) is 0 Å². The van der Waals surface area contributed by atoms with Gasteiger partial charge in [-0.1, -0.05) is 18.7 Å². The van der Waals surface area contributed by atoms with Gasteiger partial charge in [-0.05, 0) is 62.4 Å². The molecule has 1 aliphatic rings. The molecule has 1 aromatic carbocycles. The second-order valence-electron chi connectivity index (χ2n) is 7.79. The van der Waals surface area contributed by atoms with Crippen molar-refractivity contribution in [2.45, 2.75) is 33.0 Å². The monoisotopic (exact) mass is 439 g/mol. The van der Waals surface area contributed by atoms with Crippen LogP contribution in [-0.4, -0.2) is 62.0 Å². The molecule has 1 fully saturated rings. The lowest BCUT2D eigenvalue weighted by molar-refractivity contribution is 0.238. The van der Waals surface area contributed by atoms with E-state index in [4.69, 9.17) is 0 Å². The maximum absolute atomic E-state index is 14.0. The van der Waals surface area contributed by atoms with Crippen LogP contribution in [-0.2, 0) is 0 Å². The Morgan fingerprint density at radius 1 is 1.31 bits per heavy atom. The van der Waals surface area contributed by atoms with Crippen LogP contribution in [0.15, 0.2) is 64.4 Å². The highest BCUT2D eigenvalue weighted by atomic mass is 19.1. The number of hydrogen-bond acceptors (Lipinski definition) is 5. The minimum atomic E-state index is -0.914. The van der Waals surface area contributed by atoms with Crippen molar-refractivity contribution in [3.05, 3.63) is 65.5 Å². The number of aliphatic imine (C=N–C) groups is 2. The molecule has 0 spiro atoms. The smallest absolute Gasteiger partial charge is 0.134 e. The van der Waals surface area contributed by atoms with E-state index in [2.05, 4.69) is 33.9 Å². The van der Waals surface area contributed by atoms with Crippen LogP contribution >= 0.6 is 0 Å². The summed E-state index contributed by atoms with van der Waals surface area (Å²) in [5.41, 5.74) is 4.44. The molecule has 0 bridgehead atoms. The van der Waals surface area contributed by atoms with Crippen molar-refractivity contribution in [1.82, 2.24) is 15.5 Å². The first-order valence-corrected chi connectivity index (χ1v) is 10.6. The fraction of sp³-hybridized carbons (Fsp3) is 0.360. The predicted octanol–water partition coefficient (Wildman–Crippen LogP) is 4.13. The number of likely N-dealkylation sites (N-methyl/N-ethyl adjacent to an activating group) is 1. The number of benzene rings is 1. The van der Waals surface area contributed by atoms with E-state index in [9.17, 15) is 9.50 Å². The molecule has 3 N–H and O–H groups in total. The van der Waals surface area contributed by atoms with E-state index >= 15 is 0 Å². The Morgan fingerprint density at radius 3 is 2.56 bits per heavy atom. The van der Waals surface area contributed by atoms with Gasteiger partial charge in [-0.25, -0.2) is 9.38 Å². The number of allylic oxidation sites excluding steroid dienone is 5. The first-order valence-electron chi connectivity index (χ1n) is 10.6. The summed E-state index contributed by atoms with van der Waals surface area (Å²) in [5.74, 6) is 0.831. The van der Waals surface area contributed by atoms with Gasteiger partial charge in [0.2, 0.25) is 0 Å². The SMILES string of the molecule is C=C/C(=C\NC)c1ccc(/C(=C/C(C)=C(\C)N=C(C)N(C)[C@@H]2CNC[C@@H]2F)N=C)c(O)c1. The number of phenolic OH excluding ortho intramolecular Hbond substituents is 1. The molecule has 172 valence electrons. The third-order valence-corrected chi connectivity index (χ3v) is 5.67. The molecule has 7 heteroatoms. The molecule has 0 radical (unpaired) electrons. The Kier molecular flexibility index (Phi) is 8.96. The van der Waals surface area contributed by atoms with Gasteiger partial charge in [-0.3, -0.25) is 4.99 Å². The van der Waals surface area contributed by atoms with Crippen molar-refractivity contribution in [3.8, 4) is 5.75 Å². The summed E-state index contributed by atoms with van der Waals surface area (Å²) >= 11 is 0. The summed E-state index contributed by atoms with van der Waals surface area (Å²) in [6.07, 6.45) is 4.45. The van der Waals surface area contributed by atoms with Gasteiger partial charge in [-0.15, -0.1) is 0 Å². The zero-order valence-electron chi connectivity index (χ0n) is 19.6. The normalized spacial score (nSPS) is 20.6. The average Bonchev–Trinajstić information content (AvgIpc) is 3.20. The zero-order chi connectivity index (χ0) is 23.8. The summed E-state index contributed by atoms with van der Waals surface area (Å²) < 4.78 is 14.0. The molecule has 32 heavy (non-hydrogen) atoms. The highest BCUT2D eigenvalue weighted by molar-refractivity contribution is 5.82. The molecule has 1 aliphatic heterocycles. The largest absolute Gasteiger partial charge is 0.507 e. The lowest BCUT2D eigenvalue weighted by Gasteiger charge is -2.27. The molecule has 1 aromatic rings. The van der Waals surface area contributed by atoms with Crippen LogP contribution in [0.25, 0.3) is 11.3 Å². The van der Waals surface area contributed by atoms with E-state index in [0.717, 1.165) is 28.2 Å². The van der Waals surface area contributed by atoms with Crippen LogP contribution in [0.2, 0.25) is 0 Å². The standard InChI is InChI=1S/C25H34FN5O/c1-8-19(13-27-5)20-9-10-21(25(32)12-20)23(28-6)11-16(2)17(3)30-18(4)31(7)24-15-29-14-22(24)26/h8-13,22,24,27,29,32H,1,6,14-15H2,2-5,7H3/b17-16+,19-13+,23-11-,30-18?/t22-,24+/m0/s1. The van der Waals surface area contributed by atoms with Gasteiger partial charge in [0.1, 0.15) is 17.8 Å². The van der Waals surface area contributed by atoms with Crippen molar-refractivity contribution in [2.24, 2.45) is 9.98 Å². The molecule has 6 nitrogen and oxygen atoms in total. The fourth-order valence-corrected chi connectivity index (χ4v) is 3.52. The van der Waals surface area contributed by atoms with Gasteiger partial charge in [0.05, 0.1) is 11.7 Å². The number of alkyl halides is 1. The van der Waals surface area contributed by atoms with Gasteiger partial charge >= 0.3 is 0 Å². The molecule has 2 atom stereocenters. The van der Waals surface area contributed by atoms with Crippen molar-refractivity contribution in [1.29, 1.82) is 0 Å². The molecule has 0 aliphatic carbocycles. The van der Waals surface area contributed by atoms with Gasteiger partial charge in [-0.2, -0.15) is 0 Å². The highest BCUT2D eigenvalue weighted by Crippen LogP contribution is 2.30. The summed E-state index contributed by atoms with van der Waals surface area (Å²) in [5, 5.41) is 16.6. The summed E-state index contributed by atoms with van der Waals surface area (Å²) in [6.45, 7) is 14.1. The maximum Gasteiger partial charge on any atom is 0.134 e. The van der Waals surface area contributed by atoms with Gasteiger partial charge in [0.15, 0.2) is 0 Å². The Bertz CT molecular complexity index is 977. The third kappa shape index (κ3) is 5.95. The van der Waals surface area contributed by atoms with Crippen molar-refractivity contribution < 1.29 is 9.50 Å². The molecule has 1 saturated heterocycles. The predicted molar refractivity (Wildman–Crippen MR) is 134 cm³/mol. The molecule has 1 heterocycles. The maximum atomic E-state index is 14.0. The third-order valence-electron chi connectivity index (χ3n) is 5.67. The number of aromatic hydroxyl groups is 1. The number of nitrogens with zero attached hydrogens (tertiary/aromatic N) is 3. The average molecular weight is 440 g/mol. The molecular weight excluding hydrogens is 405 g/mol. The van der Waals surface area contributed by atoms with E-state index in [1.165, 1.54) is 0 Å². The van der Waals surface area contributed by atoms with Crippen LogP contribution in [0.5, 0.6) is 5.75 Å². The van der Waals surface area contributed by atoms with Gasteiger partial charge < -0.3 is 20.6 Å². The molecule has 0 aromatic heterocycles. The Labute approximate surface area is 190 Å². The van der Waals surface area contributed by atoms with E-state index in [0.29, 0.717) is 24.4 Å². The number of hydrogen-bond donors (Lipinski definition) is 3. The van der Waals surface area contributed by atoms with Crippen LogP contribution in [0.1, 0.15) is 31.9 Å². The number of rotatable bonds is 8. The molecule has 0 unspecified atom stereocenters. The van der Waals surface area contributed by atoms with Crippen molar-refractivity contribution in [2.75, 3.05) is 27.2 Å². The Balaban J connectivity index is 2.33. The number of nitrogens with one attached hydrogen (secondary N) is 2. The van der Waals surface area contributed by atoms with E-state index < -0.39 is 6.17 Å². The van der Waals surface area contributed by atoms with E-state index in [1.807, 2.05) is 51.1 Å². The van der Waals surface area contributed by atoms with Crippen molar-refractivity contribution in [3.63, 3.8) is 0 Å². The summed E-state index contributed by atoms with van der Waals surface area (Å²) in [4.78, 5) is 10.6. The molecule has 0 amide bonds. The second-order valence-corrected chi connectivity index (χ2v) is 7.79. The summed E-state index contributed by atoms with van der Waals surface area (Å²) in [6, 6.07) is 5.15. The van der Waals surface area contributed by atoms with Crippen molar-refractivity contribution >= 4 is 23.8 Å². The van der Waals surface area contributed by atoms with Crippen LogP contribution in [0.3, 0.4) is 0 Å². The van der Waals surface area contributed by atoms with Crippen LogP contribution < -0.4 is 10.6 Å². The van der Waals surface area contributed by atoms with E-state index in [1.54, 1.807) is 25.3 Å². The molecule has 2 rings (SSSR count). The minimum Gasteiger partial charge on any atom is -0.507 e. The fourth-order valence-electron chi connectivity index (χ4n) is 3.52. The molecule has 0 saturated carbocycles. The zero-order valence-corrected chi connectivity index (χ0v) is 19.6. The molecular formula is C25H34FN5O. The number of amidine groups is 1. The topological polar surface area (TPSA) is 72.2 Å². The lowest BCUT2D eigenvalue weighted by atomic mass is 10.0. The quantitative estimate of drug-likeness (QED) is 0.324. The number of phenols is 1. The van der Waals surface area contributed by atoms with Crippen LogP contribution in [0, 0.1) is 0 Å². The lowest BCUT2D eigenvalue weighted by Crippen LogP contribution is -2.41. The second kappa shape index (κ2) is 11.4. The number of halogens is 1. The Hall–Kier alpha value is -3.19. The first kappa shape index (κ1) is 25.1. The van der Waals surface area contributed by atoms with Crippen LogP contribution in [0.4, 0.5) is 4.39 Å².